The molecule has 0 atom stereocenters. The predicted octanol–water partition coefficient (Wildman–Crippen LogP) is 1.51. The Hall–Kier alpha value is -1.45. The molecule has 1 heterocycles. The lowest BCUT2D eigenvalue weighted by Gasteiger charge is -2.15. The first-order valence-corrected chi connectivity index (χ1v) is 5.33. The van der Waals surface area contributed by atoms with Gasteiger partial charge in [0.25, 0.3) is 0 Å². The maximum absolute atomic E-state index is 11.0. The van der Waals surface area contributed by atoms with Gasteiger partial charge in [0.2, 0.25) is 0 Å². The number of hydrogen-bond donors (Lipinski definition) is 1. The summed E-state index contributed by atoms with van der Waals surface area (Å²) >= 11 is 0. The molecule has 82 valence electrons. The summed E-state index contributed by atoms with van der Waals surface area (Å²) in [5.41, 5.74) is 2.40. The molecule has 4 heteroatoms. The molecule has 0 saturated heterocycles. The molecule has 1 aromatic heterocycles. The monoisotopic (exact) mass is 209 g/mol. The molecule has 0 amide bonds. The van der Waals surface area contributed by atoms with Gasteiger partial charge >= 0.3 is 5.97 Å². The van der Waals surface area contributed by atoms with Crippen molar-refractivity contribution in [3.05, 3.63) is 23.0 Å². The summed E-state index contributed by atoms with van der Waals surface area (Å²) in [6.07, 6.45) is 5.56. The third kappa shape index (κ3) is 1.71. The highest BCUT2D eigenvalue weighted by molar-refractivity contribution is 5.89. The van der Waals surface area contributed by atoms with Crippen molar-refractivity contribution < 1.29 is 14.7 Å². The minimum Gasteiger partial charge on any atom is -0.478 e. The van der Waals surface area contributed by atoms with Gasteiger partial charge in [0.05, 0.1) is 17.5 Å². The first-order valence-electron chi connectivity index (χ1n) is 5.33. The number of fused-ring (bicyclic) bond motifs is 1. The predicted molar refractivity (Wildman–Crippen MR) is 55.2 cm³/mol. The summed E-state index contributed by atoms with van der Waals surface area (Å²) in [7, 11) is 0. The van der Waals surface area contributed by atoms with Crippen LogP contribution in [0.4, 0.5) is 0 Å². The van der Waals surface area contributed by atoms with E-state index in [0.717, 1.165) is 36.9 Å². The van der Waals surface area contributed by atoms with Crippen LogP contribution in [-0.2, 0) is 12.8 Å². The molecule has 2 rings (SSSR count). The van der Waals surface area contributed by atoms with Crippen molar-refractivity contribution in [1.82, 2.24) is 4.73 Å². The molecule has 0 spiro atoms. The topological polar surface area (TPSA) is 51.5 Å². The van der Waals surface area contributed by atoms with Gasteiger partial charge in [0.1, 0.15) is 6.61 Å². The normalized spacial score (nSPS) is 14.7. The summed E-state index contributed by atoms with van der Waals surface area (Å²) in [4.78, 5) is 16.4. The van der Waals surface area contributed by atoms with E-state index in [2.05, 4.69) is 0 Å². The lowest BCUT2D eigenvalue weighted by Crippen LogP contribution is -2.15. The second kappa shape index (κ2) is 3.96. The molecule has 0 radical (unpaired) electrons. The zero-order chi connectivity index (χ0) is 10.8. The molecule has 15 heavy (non-hydrogen) atoms. The number of carboxylic acid groups (broad SMARTS) is 1. The van der Waals surface area contributed by atoms with Gasteiger partial charge in [0, 0.05) is 0 Å². The highest BCUT2D eigenvalue weighted by Crippen LogP contribution is 2.25. The molecule has 1 aromatic rings. The quantitative estimate of drug-likeness (QED) is 0.821. The Balaban J connectivity index is 2.44. The third-order valence-electron chi connectivity index (χ3n) is 2.77. The lowest BCUT2D eigenvalue weighted by atomic mass is 9.95. The third-order valence-corrected chi connectivity index (χ3v) is 2.77. The lowest BCUT2D eigenvalue weighted by molar-refractivity contribution is 0.0692. The van der Waals surface area contributed by atoms with Crippen molar-refractivity contribution in [3.63, 3.8) is 0 Å². The molecule has 0 fully saturated rings. The molecule has 0 aliphatic heterocycles. The number of nitrogens with zero attached hydrogens (tertiary/aromatic N) is 1. The number of aromatic nitrogens is 1. The molecular weight excluding hydrogens is 194 g/mol. The molecule has 0 saturated carbocycles. The van der Waals surface area contributed by atoms with E-state index in [4.69, 9.17) is 9.94 Å². The summed E-state index contributed by atoms with van der Waals surface area (Å²) in [6, 6.07) is 0. The maximum Gasteiger partial charge on any atom is 0.337 e. The first-order chi connectivity index (χ1) is 7.24. The number of carbonyl (C=O) groups is 1. The Kier molecular flexibility index (Phi) is 2.66. The highest BCUT2D eigenvalue weighted by Gasteiger charge is 2.23. The van der Waals surface area contributed by atoms with Crippen molar-refractivity contribution in [3.8, 4) is 0 Å². The fourth-order valence-electron chi connectivity index (χ4n) is 2.13. The maximum atomic E-state index is 11.0. The second-order valence-electron chi connectivity index (χ2n) is 3.72. The molecule has 1 N–H and O–H groups in total. The van der Waals surface area contributed by atoms with Crippen LogP contribution in [0.3, 0.4) is 0 Å². The van der Waals surface area contributed by atoms with Crippen LogP contribution in [0.5, 0.6) is 0 Å². The van der Waals surface area contributed by atoms with Gasteiger partial charge in [-0.15, -0.1) is 0 Å². The van der Waals surface area contributed by atoms with Crippen molar-refractivity contribution in [2.45, 2.75) is 32.6 Å². The van der Waals surface area contributed by atoms with Crippen LogP contribution in [0.15, 0.2) is 6.20 Å². The van der Waals surface area contributed by atoms with Crippen LogP contribution >= 0.6 is 0 Å². The average Bonchev–Trinajstić information content (AvgIpc) is 2.59. The molecule has 0 unspecified atom stereocenters. The van der Waals surface area contributed by atoms with E-state index in [9.17, 15) is 4.79 Å². The summed E-state index contributed by atoms with van der Waals surface area (Å²) < 4.78 is 1.64. The average molecular weight is 209 g/mol. The Labute approximate surface area is 88.4 Å². The molecule has 0 aromatic carbocycles. The van der Waals surface area contributed by atoms with E-state index in [-0.39, 0.29) is 0 Å². The Bertz CT molecular complexity index is 381. The van der Waals surface area contributed by atoms with Crippen molar-refractivity contribution in [2.75, 3.05) is 6.61 Å². The van der Waals surface area contributed by atoms with E-state index in [1.807, 2.05) is 6.92 Å². The van der Waals surface area contributed by atoms with Gasteiger partial charge in [-0.25, -0.2) is 4.79 Å². The second-order valence-corrected chi connectivity index (χ2v) is 3.72. The van der Waals surface area contributed by atoms with Crippen molar-refractivity contribution in [1.29, 1.82) is 0 Å². The minimum absolute atomic E-state index is 0.401. The van der Waals surface area contributed by atoms with Gasteiger partial charge in [-0.05, 0) is 38.2 Å². The van der Waals surface area contributed by atoms with Gasteiger partial charge in [0.15, 0.2) is 0 Å². The summed E-state index contributed by atoms with van der Waals surface area (Å²) in [5.74, 6) is -0.855. The van der Waals surface area contributed by atoms with E-state index >= 15 is 0 Å². The Morgan fingerprint density at radius 1 is 1.53 bits per heavy atom. The first kappa shape index (κ1) is 10.1. The molecule has 4 nitrogen and oxygen atoms in total. The van der Waals surface area contributed by atoms with E-state index in [1.165, 1.54) is 0 Å². The fraction of sp³-hybridized carbons (Fsp3) is 0.545. The summed E-state index contributed by atoms with van der Waals surface area (Å²) in [5, 5.41) is 9.05. The number of rotatable bonds is 3. The molecule has 1 aliphatic rings. The zero-order valence-electron chi connectivity index (χ0n) is 8.82. The number of carboxylic acids is 1. The number of aromatic carboxylic acids is 1. The van der Waals surface area contributed by atoms with Gasteiger partial charge in [-0.1, -0.05) is 0 Å². The van der Waals surface area contributed by atoms with Crippen LogP contribution in [0.2, 0.25) is 0 Å². The Morgan fingerprint density at radius 3 is 2.93 bits per heavy atom. The fourth-order valence-corrected chi connectivity index (χ4v) is 2.13. The van der Waals surface area contributed by atoms with E-state index in [1.54, 1.807) is 10.9 Å². The van der Waals surface area contributed by atoms with Crippen LogP contribution in [0.25, 0.3) is 0 Å². The van der Waals surface area contributed by atoms with Crippen LogP contribution in [0, 0.1) is 0 Å². The van der Waals surface area contributed by atoms with E-state index in [0.29, 0.717) is 12.2 Å². The standard InChI is InChI=1S/C11H15NO3/c1-2-15-12-7-9(11(13)14)8-5-3-4-6-10(8)12/h7H,2-6H2,1H3,(H,13,14). The largest absolute Gasteiger partial charge is 0.478 e. The molecule has 0 bridgehead atoms. The van der Waals surface area contributed by atoms with Crippen LogP contribution in [0.1, 0.15) is 41.4 Å². The molecule has 1 aliphatic carbocycles. The van der Waals surface area contributed by atoms with Crippen molar-refractivity contribution >= 4 is 5.97 Å². The Morgan fingerprint density at radius 2 is 2.27 bits per heavy atom. The van der Waals surface area contributed by atoms with Crippen LogP contribution in [-0.4, -0.2) is 22.4 Å². The molecular formula is C11H15NO3. The SMILES string of the molecule is CCOn1cc(C(=O)O)c2c1CCCC2. The highest BCUT2D eigenvalue weighted by atomic mass is 16.7. The summed E-state index contributed by atoms with van der Waals surface area (Å²) in [6.45, 7) is 2.45. The zero-order valence-corrected chi connectivity index (χ0v) is 8.82. The van der Waals surface area contributed by atoms with Gasteiger partial charge in [-0.2, -0.15) is 4.73 Å². The van der Waals surface area contributed by atoms with Crippen LogP contribution < -0.4 is 4.84 Å². The van der Waals surface area contributed by atoms with Crippen molar-refractivity contribution in [2.24, 2.45) is 0 Å². The smallest absolute Gasteiger partial charge is 0.337 e. The van der Waals surface area contributed by atoms with E-state index < -0.39 is 5.97 Å². The van der Waals surface area contributed by atoms with Gasteiger partial charge < -0.3 is 9.94 Å². The minimum atomic E-state index is -0.855. The number of hydrogen-bond acceptors (Lipinski definition) is 2. The van der Waals surface area contributed by atoms with Gasteiger partial charge in [-0.3, -0.25) is 0 Å².